The van der Waals surface area contributed by atoms with Gasteiger partial charge in [-0.05, 0) is 38.1 Å². The van der Waals surface area contributed by atoms with Gasteiger partial charge in [0.2, 0.25) is 0 Å². The second kappa shape index (κ2) is 7.64. The lowest BCUT2D eigenvalue weighted by Gasteiger charge is -2.32. The Morgan fingerprint density at radius 3 is 2.35 bits per heavy atom. The zero-order valence-electron chi connectivity index (χ0n) is 14.0. The van der Waals surface area contributed by atoms with Crippen LogP contribution >= 0.6 is 12.4 Å². The zero-order chi connectivity index (χ0) is 15.7. The lowest BCUT2D eigenvalue weighted by atomic mass is 10.0. The Morgan fingerprint density at radius 1 is 1.09 bits per heavy atom. The molecular weight excluding hydrogens is 316 g/mol. The summed E-state index contributed by atoms with van der Waals surface area (Å²) in [5, 5.41) is 3.67. The molecule has 0 amide bonds. The summed E-state index contributed by atoms with van der Waals surface area (Å²) < 4.78 is 2.73. The predicted octanol–water partition coefficient (Wildman–Crippen LogP) is 0.470. The van der Waals surface area contributed by atoms with E-state index < -0.39 is 0 Å². The third kappa shape index (κ3) is 4.46. The van der Waals surface area contributed by atoms with Crippen molar-refractivity contribution in [3.63, 3.8) is 0 Å². The van der Waals surface area contributed by atoms with E-state index in [1.165, 1.54) is 26.4 Å². The Balaban J connectivity index is 0.00000192. The molecule has 0 radical (unpaired) electrons. The first-order chi connectivity index (χ1) is 10.5. The summed E-state index contributed by atoms with van der Waals surface area (Å²) in [5.41, 5.74) is 0.333. The third-order valence-corrected chi connectivity index (χ3v) is 4.99. The molecule has 0 aromatic carbocycles. The molecule has 1 saturated heterocycles. The molecule has 3 rings (SSSR count). The van der Waals surface area contributed by atoms with E-state index in [9.17, 15) is 9.59 Å². The second-order valence-corrected chi connectivity index (χ2v) is 6.78. The highest BCUT2D eigenvalue weighted by molar-refractivity contribution is 5.85. The molecule has 1 aliphatic heterocycles. The van der Waals surface area contributed by atoms with Gasteiger partial charge in [0.15, 0.2) is 0 Å². The number of likely N-dealkylation sites (tertiary alicyclic amines) is 1. The summed E-state index contributed by atoms with van der Waals surface area (Å²) >= 11 is 0. The van der Waals surface area contributed by atoms with Crippen molar-refractivity contribution in [3.8, 4) is 0 Å². The van der Waals surface area contributed by atoms with Crippen LogP contribution in [-0.4, -0.2) is 39.7 Å². The fourth-order valence-electron chi connectivity index (χ4n) is 3.11. The smallest absolute Gasteiger partial charge is 0.314 e. The predicted molar refractivity (Wildman–Crippen MR) is 93.2 cm³/mol. The highest BCUT2D eigenvalue weighted by Gasteiger charge is 2.24. The minimum atomic E-state index is -0.247. The van der Waals surface area contributed by atoms with Crippen LogP contribution < -0.4 is 16.6 Å². The number of halogens is 1. The van der Waals surface area contributed by atoms with Crippen LogP contribution in [0.15, 0.2) is 15.7 Å². The molecule has 2 fully saturated rings. The maximum atomic E-state index is 12.0. The van der Waals surface area contributed by atoms with E-state index in [-0.39, 0.29) is 23.7 Å². The van der Waals surface area contributed by atoms with Gasteiger partial charge >= 0.3 is 5.69 Å². The molecule has 7 heteroatoms. The number of rotatable bonds is 5. The van der Waals surface area contributed by atoms with Crippen molar-refractivity contribution >= 4 is 12.4 Å². The van der Waals surface area contributed by atoms with Crippen LogP contribution in [0, 0.1) is 5.92 Å². The Hall–Kier alpha value is -1.11. The number of nitrogens with zero attached hydrogens (tertiary/aromatic N) is 3. The van der Waals surface area contributed by atoms with Gasteiger partial charge in [-0.2, -0.15) is 0 Å². The van der Waals surface area contributed by atoms with Crippen molar-refractivity contribution in [2.45, 2.75) is 38.3 Å². The quantitative estimate of drug-likeness (QED) is 0.845. The standard InChI is InChI=1S/C16H26N4O2.ClH/c1-18-14(9-15(21)19(2)16(18)22)11-20-7-5-13(6-8-20)17-10-12-3-4-12;/h9,12-13,17H,3-8,10-11H2,1-2H3;1H. The van der Waals surface area contributed by atoms with Gasteiger partial charge in [0, 0.05) is 51.5 Å². The Morgan fingerprint density at radius 2 is 1.74 bits per heavy atom. The number of piperidine rings is 1. The monoisotopic (exact) mass is 342 g/mol. The van der Waals surface area contributed by atoms with Crippen molar-refractivity contribution < 1.29 is 0 Å². The average Bonchev–Trinajstić information content (AvgIpc) is 3.34. The first-order valence-electron chi connectivity index (χ1n) is 8.26. The third-order valence-electron chi connectivity index (χ3n) is 4.99. The summed E-state index contributed by atoms with van der Waals surface area (Å²) in [5.74, 6) is 0.924. The molecule has 23 heavy (non-hydrogen) atoms. The van der Waals surface area contributed by atoms with Crippen LogP contribution in [0.4, 0.5) is 0 Å². The van der Waals surface area contributed by atoms with Crippen molar-refractivity contribution in [1.82, 2.24) is 19.4 Å². The summed E-state index contributed by atoms with van der Waals surface area (Å²) in [4.78, 5) is 26.1. The van der Waals surface area contributed by atoms with Gasteiger partial charge in [0.1, 0.15) is 0 Å². The minimum absolute atomic E-state index is 0. The molecule has 1 N–H and O–H groups in total. The van der Waals surface area contributed by atoms with E-state index in [4.69, 9.17) is 0 Å². The average molecular weight is 343 g/mol. The topological polar surface area (TPSA) is 59.3 Å². The van der Waals surface area contributed by atoms with Crippen molar-refractivity contribution in [3.05, 3.63) is 32.6 Å². The minimum Gasteiger partial charge on any atom is -0.314 e. The molecule has 0 spiro atoms. The van der Waals surface area contributed by atoms with Gasteiger partial charge in [-0.25, -0.2) is 4.79 Å². The van der Waals surface area contributed by atoms with Crippen LogP contribution in [0.5, 0.6) is 0 Å². The van der Waals surface area contributed by atoms with Gasteiger partial charge in [-0.3, -0.25) is 18.8 Å². The highest BCUT2D eigenvalue weighted by atomic mass is 35.5. The molecule has 1 saturated carbocycles. The van der Waals surface area contributed by atoms with E-state index in [2.05, 4.69) is 10.2 Å². The lowest BCUT2D eigenvalue weighted by molar-refractivity contribution is 0.186. The Kier molecular flexibility index (Phi) is 6.06. The molecule has 1 aliphatic carbocycles. The van der Waals surface area contributed by atoms with Crippen LogP contribution in [0.1, 0.15) is 31.4 Å². The van der Waals surface area contributed by atoms with Crippen molar-refractivity contribution in [2.75, 3.05) is 19.6 Å². The van der Waals surface area contributed by atoms with Crippen LogP contribution in [0.25, 0.3) is 0 Å². The maximum Gasteiger partial charge on any atom is 0.330 e. The fourth-order valence-corrected chi connectivity index (χ4v) is 3.11. The Labute approximate surface area is 142 Å². The van der Waals surface area contributed by atoms with Gasteiger partial charge in [-0.1, -0.05) is 0 Å². The number of aromatic nitrogens is 2. The molecular formula is C16H27ClN4O2. The van der Waals surface area contributed by atoms with Crippen LogP contribution in [0.3, 0.4) is 0 Å². The number of nitrogens with one attached hydrogen (secondary N) is 1. The normalized spacial score (nSPS) is 19.6. The summed E-state index contributed by atoms with van der Waals surface area (Å²) in [6.45, 7) is 3.89. The molecule has 6 nitrogen and oxygen atoms in total. The molecule has 2 heterocycles. The molecule has 130 valence electrons. The Bertz CT molecular complexity index is 642. The lowest BCUT2D eigenvalue weighted by Crippen LogP contribution is -2.44. The van der Waals surface area contributed by atoms with E-state index in [1.807, 2.05) is 0 Å². The summed E-state index contributed by atoms with van der Waals surface area (Å²) in [6, 6.07) is 2.21. The van der Waals surface area contributed by atoms with E-state index >= 15 is 0 Å². The van der Waals surface area contributed by atoms with Gasteiger partial charge in [-0.15, -0.1) is 12.4 Å². The van der Waals surface area contributed by atoms with Gasteiger partial charge < -0.3 is 5.32 Å². The van der Waals surface area contributed by atoms with E-state index in [0.29, 0.717) is 12.6 Å². The van der Waals surface area contributed by atoms with Crippen LogP contribution in [-0.2, 0) is 20.6 Å². The van der Waals surface area contributed by atoms with E-state index in [0.717, 1.165) is 42.1 Å². The zero-order valence-corrected chi connectivity index (χ0v) is 14.8. The first-order valence-corrected chi connectivity index (χ1v) is 8.26. The highest BCUT2D eigenvalue weighted by Crippen LogP contribution is 2.28. The molecule has 0 unspecified atom stereocenters. The molecule has 1 aromatic heterocycles. The molecule has 1 aromatic rings. The summed E-state index contributed by atoms with van der Waals surface area (Å²) in [7, 11) is 3.26. The molecule has 0 bridgehead atoms. The van der Waals surface area contributed by atoms with Gasteiger partial charge in [0.25, 0.3) is 5.56 Å². The second-order valence-electron chi connectivity index (χ2n) is 6.78. The SMILES string of the molecule is Cl.Cn1c(CN2CCC(NCC3CC3)CC2)cc(=O)n(C)c1=O. The van der Waals surface area contributed by atoms with Crippen LogP contribution in [0.2, 0.25) is 0 Å². The number of hydrogen-bond acceptors (Lipinski definition) is 4. The number of hydrogen-bond donors (Lipinski definition) is 1. The fraction of sp³-hybridized carbons (Fsp3) is 0.750. The van der Waals surface area contributed by atoms with Crippen molar-refractivity contribution in [2.24, 2.45) is 20.0 Å². The van der Waals surface area contributed by atoms with Gasteiger partial charge in [0.05, 0.1) is 0 Å². The molecule has 0 atom stereocenters. The first kappa shape index (κ1) is 18.2. The summed E-state index contributed by atoms with van der Waals surface area (Å²) in [6.07, 6.45) is 5.07. The molecule has 2 aliphatic rings. The maximum absolute atomic E-state index is 12.0. The van der Waals surface area contributed by atoms with E-state index in [1.54, 1.807) is 17.7 Å². The van der Waals surface area contributed by atoms with Crippen molar-refractivity contribution in [1.29, 1.82) is 0 Å². The largest absolute Gasteiger partial charge is 0.330 e.